The van der Waals surface area contributed by atoms with Crippen LogP contribution in [-0.4, -0.2) is 13.4 Å². The third kappa shape index (κ3) is 1.72. The van der Waals surface area contributed by atoms with Gasteiger partial charge < -0.3 is 9.47 Å². The molecule has 0 saturated carbocycles. The van der Waals surface area contributed by atoms with Gasteiger partial charge in [-0.05, 0) is 12.5 Å². The Morgan fingerprint density at radius 2 is 2.55 bits per heavy atom. The van der Waals surface area contributed by atoms with Gasteiger partial charge in [-0.1, -0.05) is 6.92 Å². The number of hydrogen-bond acceptors (Lipinski definition) is 3. The minimum atomic E-state index is -0.255. The van der Waals surface area contributed by atoms with Crippen LogP contribution in [0.15, 0.2) is 11.8 Å². The summed E-state index contributed by atoms with van der Waals surface area (Å²) in [6.45, 7) is 2.03. The number of ether oxygens (including phenoxy) is 2. The van der Waals surface area contributed by atoms with Gasteiger partial charge in [0.15, 0.2) is 5.76 Å². The Morgan fingerprint density at radius 1 is 1.82 bits per heavy atom. The van der Waals surface area contributed by atoms with E-state index in [4.69, 9.17) is 14.7 Å². The van der Waals surface area contributed by atoms with Crippen LogP contribution in [0, 0.1) is 17.2 Å². The molecule has 3 nitrogen and oxygen atoms in total. The van der Waals surface area contributed by atoms with Gasteiger partial charge in [-0.15, -0.1) is 0 Å². The van der Waals surface area contributed by atoms with Crippen LogP contribution in [-0.2, 0) is 9.47 Å². The molecule has 11 heavy (non-hydrogen) atoms. The maximum absolute atomic E-state index is 8.49. The summed E-state index contributed by atoms with van der Waals surface area (Å²) in [6, 6.07) is 1.95. The smallest absolute Gasteiger partial charge is 0.203 e. The average Bonchev–Trinajstić information content (AvgIpc) is 2.05. The topological polar surface area (TPSA) is 42.2 Å². The molecule has 0 radical (unpaired) electrons. The fourth-order valence-corrected chi connectivity index (χ4v) is 1.05. The maximum atomic E-state index is 8.49. The summed E-state index contributed by atoms with van der Waals surface area (Å²) in [7, 11) is 1.58. The predicted octanol–water partition coefficient (Wildman–Crippen LogP) is 1.42. The number of nitrogens with zero attached hydrogens (tertiary/aromatic N) is 1. The molecule has 1 rings (SSSR count). The molecule has 1 heterocycles. The van der Waals surface area contributed by atoms with E-state index in [9.17, 15) is 0 Å². The lowest BCUT2D eigenvalue weighted by Gasteiger charge is -2.25. The summed E-state index contributed by atoms with van der Waals surface area (Å²) in [5.74, 6) is 0.701. The number of hydrogen-bond donors (Lipinski definition) is 0. The standard InChI is InChI=1S/C8H11NO2/c1-6-3-4-7(5-9)11-8(6)10-2/h4,6,8H,3H2,1-2H3/t6-,8+/m1/s1. The first-order valence-electron chi connectivity index (χ1n) is 3.57. The Balaban J connectivity index is 2.62. The van der Waals surface area contributed by atoms with Crippen LogP contribution >= 0.6 is 0 Å². The molecule has 1 aliphatic rings. The van der Waals surface area contributed by atoms with Gasteiger partial charge >= 0.3 is 0 Å². The SMILES string of the molecule is CO[C@H]1OC(C#N)=CC[C@H]1C. The van der Waals surface area contributed by atoms with Gasteiger partial charge in [-0.25, -0.2) is 0 Å². The second kappa shape index (κ2) is 3.40. The van der Waals surface area contributed by atoms with Crippen LogP contribution in [0.5, 0.6) is 0 Å². The highest BCUT2D eigenvalue weighted by molar-refractivity contribution is 5.15. The quantitative estimate of drug-likeness (QED) is 0.572. The van der Waals surface area contributed by atoms with Crippen molar-refractivity contribution in [1.29, 1.82) is 5.26 Å². The number of rotatable bonds is 1. The van der Waals surface area contributed by atoms with Crippen molar-refractivity contribution in [3.63, 3.8) is 0 Å². The first-order valence-corrected chi connectivity index (χ1v) is 3.57. The molecule has 3 heteroatoms. The third-order valence-electron chi connectivity index (χ3n) is 1.73. The van der Waals surface area contributed by atoms with Crippen molar-refractivity contribution < 1.29 is 9.47 Å². The van der Waals surface area contributed by atoms with Gasteiger partial charge in [0.2, 0.25) is 6.29 Å². The van der Waals surface area contributed by atoms with Crippen LogP contribution in [0.2, 0.25) is 0 Å². The highest BCUT2D eigenvalue weighted by atomic mass is 16.7. The molecule has 0 bridgehead atoms. The summed E-state index contributed by atoms with van der Waals surface area (Å²) < 4.78 is 10.2. The van der Waals surface area contributed by atoms with Gasteiger partial charge in [0.25, 0.3) is 0 Å². The molecule has 0 amide bonds. The normalized spacial score (nSPS) is 30.1. The monoisotopic (exact) mass is 153 g/mol. The molecular weight excluding hydrogens is 142 g/mol. The highest BCUT2D eigenvalue weighted by Crippen LogP contribution is 2.22. The summed E-state index contributed by atoms with van der Waals surface area (Å²) in [4.78, 5) is 0. The van der Waals surface area contributed by atoms with E-state index in [2.05, 4.69) is 0 Å². The molecule has 60 valence electrons. The van der Waals surface area contributed by atoms with Crippen LogP contribution in [0.4, 0.5) is 0 Å². The fourth-order valence-electron chi connectivity index (χ4n) is 1.05. The molecule has 0 aromatic carbocycles. The predicted molar refractivity (Wildman–Crippen MR) is 39.4 cm³/mol. The first kappa shape index (κ1) is 8.09. The molecule has 0 N–H and O–H groups in total. The van der Waals surface area contributed by atoms with Crippen LogP contribution in [0.1, 0.15) is 13.3 Å². The van der Waals surface area contributed by atoms with E-state index in [1.165, 1.54) is 0 Å². The van der Waals surface area contributed by atoms with Gasteiger partial charge in [-0.2, -0.15) is 5.26 Å². The van der Waals surface area contributed by atoms with E-state index in [0.717, 1.165) is 6.42 Å². The number of allylic oxidation sites excluding steroid dienone is 2. The van der Waals surface area contributed by atoms with Gasteiger partial charge in [-0.3, -0.25) is 0 Å². The van der Waals surface area contributed by atoms with Gasteiger partial charge in [0.1, 0.15) is 6.07 Å². The highest BCUT2D eigenvalue weighted by Gasteiger charge is 2.22. The molecule has 0 spiro atoms. The first-order chi connectivity index (χ1) is 5.27. The molecule has 2 atom stereocenters. The summed E-state index contributed by atoms with van der Waals surface area (Å²) in [5, 5.41) is 8.49. The minimum absolute atomic E-state index is 0.255. The van der Waals surface area contributed by atoms with Crippen LogP contribution < -0.4 is 0 Å². The lowest BCUT2D eigenvalue weighted by Crippen LogP contribution is -2.26. The van der Waals surface area contributed by atoms with Gasteiger partial charge in [0, 0.05) is 13.0 Å². The molecule has 0 fully saturated rings. The Morgan fingerprint density at radius 3 is 3.09 bits per heavy atom. The van der Waals surface area contributed by atoms with E-state index in [0.29, 0.717) is 11.7 Å². The van der Waals surface area contributed by atoms with Crippen molar-refractivity contribution in [3.8, 4) is 6.07 Å². The molecular formula is C8H11NO2. The van der Waals surface area contributed by atoms with Crippen molar-refractivity contribution in [3.05, 3.63) is 11.8 Å². The third-order valence-corrected chi connectivity index (χ3v) is 1.73. The molecule has 0 aliphatic carbocycles. The van der Waals surface area contributed by atoms with E-state index in [1.54, 1.807) is 13.2 Å². The molecule has 0 aromatic rings. The number of methoxy groups -OCH3 is 1. The maximum Gasteiger partial charge on any atom is 0.203 e. The van der Waals surface area contributed by atoms with Crippen molar-refractivity contribution in [1.82, 2.24) is 0 Å². The van der Waals surface area contributed by atoms with Crippen LogP contribution in [0.25, 0.3) is 0 Å². The molecule has 1 aliphatic heterocycles. The second-order valence-electron chi connectivity index (χ2n) is 2.62. The lowest BCUT2D eigenvalue weighted by molar-refractivity contribution is -0.128. The Hall–Kier alpha value is -1.01. The van der Waals surface area contributed by atoms with E-state index >= 15 is 0 Å². The second-order valence-corrected chi connectivity index (χ2v) is 2.62. The van der Waals surface area contributed by atoms with E-state index in [-0.39, 0.29) is 6.29 Å². The fraction of sp³-hybridized carbons (Fsp3) is 0.625. The van der Waals surface area contributed by atoms with Crippen molar-refractivity contribution in [2.75, 3.05) is 7.11 Å². The van der Waals surface area contributed by atoms with Crippen molar-refractivity contribution in [2.45, 2.75) is 19.6 Å². The Kier molecular flexibility index (Phi) is 2.50. The minimum Gasteiger partial charge on any atom is -0.455 e. The molecule has 0 aromatic heterocycles. The summed E-state index contributed by atoms with van der Waals surface area (Å²) in [6.07, 6.45) is 2.39. The molecule has 0 unspecified atom stereocenters. The van der Waals surface area contributed by atoms with E-state index in [1.807, 2.05) is 13.0 Å². The summed E-state index contributed by atoms with van der Waals surface area (Å²) in [5.41, 5.74) is 0. The average molecular weight is 153 g/mol. The van der Waals surface area contributed by atoms with E-state index < -0.39 is 0 Å². The lowest BCUT2D eigenvalue weighted by atomic mass is 10.1. The largest absolute Gasteiger partial charge is 0.455 e. The zero-order chi connectivity index (χ0) is 8.27. The van der Waals surface area contributed by atoms with Crippen LogP contribution in [0.3, 0.4) is 0 Å². The zero-order valence-corrected chi connectivity index (χ0v) is 6.70. The van der Waals surface area contributed by atoms with Crippen molar-refractivity contribution >= 4 is 0 Å². The summed E-state index contributed by atoms with van der Waals surface area (Å²) >= 11 is 0. The Bertz CT molecular complexity index is 205. The van der Waals surface area contributed by atoms with Gasteiger partial charge in [0.05, 0.1) is 0 Å². The Labute approximate surface area is 66.2 Å². The van der Waals surface area contributed by atoms with Crippen molar-refractivity contribution in [2.24, 2.45) is 5.92 Å². The zero-order valence-electron chi connectivity index (χ0n) is 6.70. The molecule has 0 saturated heterocycles. The number of nitriles is 1.